The summed E-state index contributed by atoms with van der Waals surface area (Å²) >= 11 is 1.90. The van der Waals surface area contributed by atoms with E-state index in [0.717, 1.165) is 37.7 Å². The van der Waals surface area contributed by atoms with Crippen LogP contribution < -0.4 is 4.90 Å². The van der Waals surface area contributed by atoms with Crippen LogP contribution in [0.4, 0.5) is 5.82 Å². The van der Waals surface area contributed by atoms with Gasteiger partial charge < -0.3 is 4.90 Å². The van der Waals surface area contributed by atoms with Gasteiger partial charge in [0.15, 0.2) is 0 Å². The molecule has 2 heterocycles. The first-order valence-electron chi connectivity index (χ1n) is 7.92. The molecule has 1 aromatic rings. The van der Waals surface area contributed by atoms with Gasteiger partial charge in [0.25, 0.3) is 0 Å². The van der Waals surface area contributed by atoms with Crippen molar-refractivity contribution in [3.63, 3.8) is 0 Å². The molecule has 1 fully saturated rings. The zero-order valence-electron chi connectivity index (χ0n) is 14.3. The first-order valence-corrected chi connectivity index (χ1v) is 8.73. The summed E-state index contributed by atoms with van der Waals surface area (Å²) in [4.78, 5) is 11.1. The number of aromatic nitrogens is 1. The second kappa shape index (κ2) is 6.57. The highest BCUT2D eigenvalue weighted by Crippen LogP contribution is 2.34. The molecule has 0 atom stereocenters. The molecule has 1 saturated heterocycles. The van der Waals surface area contributed by atoms with Gasteiger partial charge in [-0.25, -0.2) is 4.98 Å². The van der Waals surface area contributed by atoms with Crippen molar-refractivity contribution in [3.8, 4) is 0 Å². The molecule has 0 radical (unpaired) electrons. The van der Waals surface area contributed by atoms with Gasteiger partial charge in [0.05, 0.1) is 5.69 Å². The molecule has 2 rings (SSSR count). The van der Waals surface area contributed by atoms with Crippen LogP contribution in [0.15, 0.2) is 17.0 Å². The van der Waals surface area contributed by atoms with E-state index in [9.17, 15) is 0 Å². The van der Waals surface area contributed by atoms with Crippen LogP contribution in [0.2, 0.25) is 0 Å². The zero-order valence-corrected chi connectivity index (χ0v) is 15.1. The first kappa shape index (κ1) is 16.6. The van der Waals surface area contributed by atoms with Gasteiger partial charge in [-0.15, -0.1) is 11.8 Å². The lowest BCUT2D eigenvalue weighted by Gasteiger charge is -2.37. The molecule has 1 aliphatic heterocycles. The van der Waals surface area contributed by atoms with E-state index in [1.165, 1.54) is 4.90 Å². The highest BCUT2D eigenvalue weighted by molar-refractivity contribution is 8.00. The Kier molecular flexibility index (Phi) is 5.20. The van der Waals surface area contributed by atoms with Gasteiger partial charge in [-0.1, -0.05) is 20.8 Å². The number of aryl methyl sites for hydroxylation is 1. The van der Waals surface area contributed by atoms with Gasteiger partial charge >= 0.3 is 0 Å². The van der Waals surface area contributed by atoms with E-state index in [1.54, 1.807) is 0 Å². The van der Waals surface area contributed by atoms with E-state index in [2.05, 4.69) is 63.5 Å². The van der Waals surface area contributed by atoms with Crippen LogP contribution >= 0.6 is 11.8 Å². The summed E-state index contributed by atoms with van der Waals surface area (Å²) in [6.07, 6.45) is 0. The molecule has 0 aliphatic carbocycles. The minimum atomic E-state index is 0.233. The van der Waals surface area contributed by atoms with Crippen LogP contribution in [0.1, 0.15) is 40.3 Å². The first-order chi connectivity index (χ1) is 9.76. The maximum absolute atomic E-state index is 4.84. The molecule has 118 valence electrons. The molecule has 0 unspecified atom stereocenters. The quantitative estimate of drug-likeness (QED) is 0.791. The van der Waals surface area contributed by atoms with Gasteiger partial charge in [-0.2, -0.15) is 0 Å². The predicted molar refractivity (Wildman–Crippen MR) is 93.5 cm³/mol. The Labute approximate surface area is 134 Å². The van der Waals surface area contributed by atoms with Crippen molar-refractivity contribution in [1.29, 1.82) is 0 Å². The van der Waals surface area contributed by atoms with E-state index in [1.807, 2.05) is 11.8 Å². The maximum Gasteiger partial charge on any atom is 0.128 e. The summed E-state index contributed by atoms with van der Waals surface area (Å²) in [7, 11) is 0. The fraction of sp³-hybridized carbons (Fsp3) is 0.706. The van der Waals surface area contributed by atoms with Gasteiger partial charge in [0.2, 0.25) is 0 Å². The molecule has 4 heteroatoms. The van der Waals surface area contributed by atoms with Crippen LogP contribution in [0.5, 0.6) is 0 Å². The van der Waals surface area contributed by atoms with Crippen LogP contribution in [0.25, 0.3) is 0 Å². The average molecular weight is 308 g/mol. The van der Waals surface area contributed by atoms with Crippen LogP contribution in [-0.4, -0.2) is 46.9 Å². The lowest BCUT2D eigenvalue weighted by molar-refractivity contribution is 0.209. The van der Waals surface area contributed by atoms with E-state index in [-0.39, 0.29) is 4.75 Å². The van der Waals surface area contributed by atoms with Crippen molar-refractivity contribution >= 4 is 17.6 Å². The molecule has 21 heavy (non-hydrogen) atoms. The molecule has 3 nitrogen and oxygen atoms in total. The Bertz CT molecular complexity index is 471. The van der Waals surface area contributed by atoms with Gasteiger partial charge in [0.1, 0.15) is 5.82 Å². The summed E-state index contributed by atoms with van der Waals surface area (Å²) in [5.74, 6) is 1.13. The number of anilines is 1. The summed E-state index contributed by atoms with van der Waals surface area (Å²) in [6, 6.07) is 5.07. The molecule has 1 aromatic heterocycles. The van der Waals surface area contributed by atoms with E-state index in [0.29, 0.717) is 6.04 Å². The van der Waals surface area contributed by atoms with Gasteiger partial charge in [-0.3, -0.25) is 4.90 Å². The average Bonchev–Trinajstić information content (AvgIpc) is 2.40. The standard InChI is InChI=1S/C17H29N3S/c1-13(2)19-9-11-20(12-10-19)16-8-7-15(14(3)18-16)21-17(4,5)6/h7-8,13H,9-12H2,1-6H3. The van der Waals surface area contributed by atoms with Crippen molar-refractivity contribution in [2.75, 3.05) is 31.1 Å². The van der Waals surface area contributed by atoms with Crippen LogP contribution in [-0.2, 0) is 0 Å². The topological polar surface area (TPSA) is 19.4 Å². The fourth-order valence-electron chi connectivity index (χ4n) is 2.62. The number of nitrogens with zero attached hydrogens (tertiary/aromatic N) is 3. The SMILES string of the molecule is Cc1nc(N2CCN(C(C)C)CC2)ccc1SC(C)(C)C. The smallest absolute Gasteiger partial charge is 0.128 e. The van der Waals surface area contributed by atoms with Crippen LogP contribution in [0.3, 0.4) is 0 Å². The molecule has 1 aliphatic rings. The lowest BCUT2D eigenvalue weighted by atomic mass is 10.2. The highest BCUT2D eigenvalue weighted by Gasteiger charge is 2.21. The maximum atomic E-state index is 4.84. The minimum absolute atomic E-state index is 0.233. The van der Waals surface area contributed by atoms with Crippen LogP contribution in [0, 0.1) is 6.92 Å². The second-order valence-electron chi connectivity index (χ2n) is 7.08. The van der Waals surface area contributed by atoms with Crippen molar-refractivity contribution in [1.82, 2.24) is 9.88 Å². The molecule has 0 saturated carbocycles. The molecule has 0 spiro atoms. The summed E-state index contributed by atoms with van der Waals surface area (Å²) in [5.41, 5.74) is 1.15. The minimum Gasteiger partial charge on any atom is -0.354 e. The molecule has 0 N–H and O–H groups in total. The van der Waals surface area contributed by atoms with Gasteiger partial charge in [0, 0.05) is 41.9 Å². The van der Waals surface area contributed by atoms with Crippen molar-refractivity contribution in [2.24, 2.45) is 0 Å². The fourth-order valence-corrected chi connectivity index (χ4v) is 3.61. The number of hydrogen-bond acceptors (Lipinski definition) is 4. The number of hydrogen-bond donors (Lipinski definition) is 0. The Morgan fingerprint density at radius 2 is 1.71 bits per heavy atom. The predicted octanol–water partition coefficient (Wildman–Crippen LogP) is 3.81. The van der Waals surface area contributed by atoms with Gasteiger partial charge in [-0.05, 0) is 32.9 Å². The Morgan fingerprint density at radius 1 is 1.10 bits per heavy atom. The molecule has 0 amide bonds. The highest BCUT2D eigenvalue weighted by atomic mass is 32.2. The molecular weight excluding hydrogens is 278 g/mol. The van der Waals surface area contributed by atoms with Crippen molar-refractivity contribution < 1.29 is 0 Å². The molecular formula is C17H29N3S. The Balaban J connectivity index is 2.04. The lowest BCUT2D eigenvalue weighted by Crippen LogP contribution is -2.49. The summed E-state index contributed by atoms with van der Waals surface area (Å²) < 4.78 is 0.233. The Morgan fingerprint density at radius 3 is 2.19 bits per heavy atom. The molecule has 0 aromatic carbocycles. The second-order valence-corrected chi connectivity index (χ2v) is 8.95. The number of pyridine rings is 1. The zero-order chi connectivity index (χ0) is 15.6. The number of rotatable bonds is 3. The summed E-state index contributed by atoms with van der Waals surface area (Å²) in [6.45, 7) is 17.8. The largest absolute Gasteiger partial charge is 0.354 e. The third kappa shape index (κ3) is 4.62. The summed E-state index contributed by atoms with van der Waals surface area (Å²) in [5, 5.41) is 0. The third-order valence-electron chi connectivity index (χ3n) is 3.81. The Hall–Kier alpha value is -0.740. The normalized spacial score (nSPS) is 17.6. The number of piperazine rings is 1. The van der Waals surface area contributed by atoms with Crippen molar-refractivity contribution in [2.45, 2.75) is 57.2 Å². The number of thioether (sulfide) groups is 1. The van der Waals surface area contributed by atoms with Crippen molar-refractivity contribution in [3.05, 3.63) is 17.8 Å². The van der Waals surface area contributed by atoms with E-state index in [4.69, 9.17) is 4.98 Å². The molecule has 0 bridgehead atoms. The van der Waals surface area contributed by atoms with E-state index >= 15 is 0 Å². The van der Waals surface area contributed by atoms with E-state index < -0.39 is 0 Å². The monoisotopic (exact) mass is 307 g/mol. The third-order valence-corrected chi connectivity index (χ3v) is 5.07.